The Kier molecular flexibility index (Phi) is 8.23. The normalized spacial score (nSPS) is 15.0. The number of tetrazole rings is 1. The van der Waals surface area contributed by atoms with Crippen LogP contribution in [-0.2, 0) is 27.2 Å². The van der Waals surface area contributed by atoms with E-state index in [1.807, 2.05) is 0 Å². The minimum Gasteiger partial charge on any atom is -0.456 e. The Morgan fingerprint density at radius 3 is 2.58 bits per heavy atom. The number of hydrogen-bond acceptors (Lipinski definition) is 8. The van der Waals surface area contributed by atoms with Gasteiger partial charge >= 0.3 is 5.97 Å². The second kappa shape index (κ2) is 11.9. The molecule has 1 aliphatic heterocycles. The molecule has 0 spiro atoms. The van der Waals surface area contributed by atoms with E-state index in [2.05, 4.69) is 25.7 Å². The molecule has 0 saturated heterocycles. The number of Topliss-reactive ketones (excluding diaryl/α,β-unsaturated/α-hetero) is 1. The number of aromatic nitrogens is 6. The Bertz CT molecular complexity index is 1710. The number of nitrogens with zero attached hydrogens (tertiary/aromatic N) is 6. The third-order valence-corrected chi connectivity index (χ3v) is 7.19. The summed E-state index contributed by atoms with van der Waals surface area (Å²) < 4.78 is 21.7. The van der Waals surface area contributed by atoms with Gasteiger partial charge in [0.15, 0.2) is 11.6 Å². The Labute approximate surface area is 251 Å². The number of amides is 1. The highest BCUT2D eigenvalue weighted by atomic mass is 35.5. The number of halogens is 2. The lowest BCUT2D eigenvalue weighted by Gasteiger charge is -2.34. The molecule has 5 rings (SSSR count). The fourth-order valence-corrected chi connectivity index (χ4v) is 5.12. The molecule has 1 atom stereocenters. The van der Waals surface area contributed by atoms with E-state index in [1.165, 1.54) is 40.2 Å². The van der Waals surface area contributed by atoms with Gasteiger partial charge in [-0.3, -0.25) is 14.7 Å². The van der Waals surface area contributed by atoms with Crippen molar-refractivity contribution >= 4 is 35.3 Å². The highest BCUT2D eigenvalue weighted by Gasteiger charge is 2.37. The maximum Gasteiger partial charge on any atom is 0.338 e. The Morgan fingerprint density at radius 2 is 1.91 bits per heavy atom. The lowest BCUT2D eigenvalue weighted by molar-refractivity contribution is -0.136. The first-order valence-corrected chi connectivity index (χ1v) is 13.9. The number of ether oxygens (including phenoxy) is 1. The number of aromatic amines is 1. The highest BCUT2D eigenvalue weighted by molar-refractivity contribution is 6.31. The summed E-state index contributed by atoms with van der Waals surface area (Å²) in [7, 11) is 0. The Balaban J connectivity index is 1.41. The number of nitrogens with one attached hydrogen (secondary N) is 1. The van der Waals surface area contributed by atoms with Gasteiger partial charge in [0.1, 0.15) is 18.0 Å². The minimum atomic E-state index is -0.923. The van der Waals surface area contributed by atoms with E-state index in [-0.39, 0.29) is 35.0 Å². The average Bonchev–Trinajstić information content (AvgIpc) is 3.63. The van der Waals surface area contributed by atoms with Gasteiger partial charge in [-0.1, -0.05) is 23.7 Å². The molecular weight excluding hydrogens is 577 g/mol. The molecular formula is C30H29ClFN7O4. The molecule has 222 valence electrons. The minimum absolute atomic E-state index is 0.00316. The van der Waals surface area contributed by atoms with Crippen molar-refractivity contribution < 1.29 is 23.5 Å². The first kappa shape index (κ1) is 29.8. The van der Waals surface area contributed by atoms with Crippen LogP contribution in [0.5, 0.6) is 0 Å². The van der Waals surface area contributed by atoms with E-state index in [0.717, 1.165) is 0 Å². The van der Waals surface area contributed by atoms with Crippen LogP contribution in [0.2, 0.25) is 5.02 Å². The van der Waals surface area contributed by atoms with Gasteiger partial charge in [-0.2, -0.15) is 9.78 Å². The summed E-state index contributed by atoms with van der Waals surface area (Å²) >= 11 is 6.02. The Morgan fingerprint density at radius 1 is 1.16 bits per heavy atom. The standard InChI is InChI=1S/C30H29ClFN7O4/c1-17-26-22(35-34-17)13-14-38(25(41)12-9-20-23(39-16-33-36-37-39)11-10-21(31)27(20)32)28(26)24(40)15-18-5-7-19(8-6-18)29(42)43-30(2,3)4/h5-12,16,28H,13-15H2,1-4H3,(H,34,35)/b12-9+. The van der Waals surface area contributed by atoms with Crippen molar-refractivity contribution in [3.05, 3.63) is 93.3 Å². The third kappa shape index (κ3) is 6.38. The molecule has 3 heterocycles. The van der Waals surface area contributed by atoms with Gasteiger partial charge in [-0.15, -0.1) is 5.10 Å². The summed E-state index contributed by atoms with van der Waals surface area (Å²) in [6, 6.07) is 8.59. The van der Waals surface area contributed by atoms with Crippen LogP contribution in [-0.4, -0.2) is 65.1 Å². The summed E-state index contributed by atoms with van der Waals surface area (Å²) in [5, 5.41) is 18.1. The second-order valence-corrected chi connectivity index (χ2v) is 11.5. The number of carbonyl (C=O) groups is 3. The van der Waals surface area contributed by atoms with E-state index in [9.17, 15) is 14.4 Å². The first-order valence-electron chi connectivity index (χ1n) is 13.5. The number of fused-ring (bicyclic) bond motifs is 1. The van der Waals surface area contributed by atoms with Crippen LogP contribution in [0, 0.1) is 12.7 Å². The predicted molar refractivity (Wildman–Crippen MR) is 155 cm³/mol. The molecule has 0 saturated carbocycles. The number of ketones is 1. The van der Waals surface area contributed by atoms with Gasteiger partial charge in [0, 0.05) is 42.3 Å². The molecule has 11 nitrogen and oxygen atoms in total. The molecule has 43 heavy (non-hydrogen) atoms. The molecule has 0 bridgehead atoms. The molecule has 2 aromatic heterocycles. The van der Waals surface area contributed by atoms with Gasteiger partial charge in [0.05, 0.1) is 22.0 Å². The number of aryl methyl sites for hydroxylation is 1. The molecule has 4 aromatic rings. The molecule has 0 aliphatic carbocycles. The number of benzene rings is 2. The van der Waals surface area contributed by atoms with Gasteiger partial charge < -0.3 is 9.64 Å². The maximum atomic E-state index is 15.1. The van der Waals surface area contributed by atoms with Crippen LogP contribution in [0.15, 0.2) is 48.8 Å². The van der Waals surface area contributed by atoms with Crippen LogP contribution in [0.1, 0.15) is 65.2 Å². The van der Waals surface area contributed by atoms with Crippen LogP contribution in [0.3, 0.4) is 0 Å². The molecule has 1 unspecified atom stereocenters. The van der Waals surface area contributed by atoms with Gasteiger partial charge in [0.25, 0.3) is 0 Å². The van der Waals surface area contributed by atoms with Crippen molar-refractivity contribution in [3.63, 3.8) is 0 Å². The SMILES string of the molecule is Cc1[nH]nc2c1C(C(=O)Cc1ccc(C(=O)OC(C)(C)C)cc1)N(C(=O)/C=C/c1c(-n3cnnn3)ccc(Cl)c1F)CC2. The molecule has 13 heteroatoms. The zero-order valence-corrected chi connectivity index (χ0v) is 24.7. The number of hydrogen-bond donors (Lipinski definition) is 1. The van der Waals surface area contributed by atoms with Crippen molar-refractivity contribution in [2.24, 2.45) is 0 Å². The molecule has 0 fully saturated rings. The lowest BCUT2D eigenvalue weighted by Crippen LogP contribution is -2.43. The summed E-state index contributed by atoms with van der Waals surface area (Å²) in [6.45, 7) is 7.39. The summed E-state index contributed by atoms with van der Waals surface area (Å²) in [5.41, 5.74) is 2.73. The molecule has 1 aliphatic rings. The van der Waals surface area contributed by atoms with Crippen molar-refractivity contribution in [1.82, 2.24) is 35.3 Å². The van der Waals surface area contributed by atoms with E-state index in [1.54, 1.807) is 52.0 Å². The fourth-order valence-electron chi connectivity index (χ4n) is 4.96. The number of rotatable bonds is 7. The van der Waals surface area contributed by atoms with Crippen molar-refractivity contribution in [1.29, 1.82) is 0 Å². The van der Waals surface area contributed by atoms with Crippen molar-refractivity contribution in [2.45, 2.75) is 52.2 Å². The second-order valence-electron chi connectivity index (χ2n) is 11.1. The van der Waals surface area contributed by atoms with E-state index < -0.39 is 29.3 Å². The molecule has 2 aromatic carbocycles. The monoisotopic (exact) mass is 605 g/mol. The quantitative estimate of drug-likeness (QED) is 0.242. The van der Waals surface area contributed by atoms with Crippen LogP contribution >= 0.6 is 11.6 Å². The molecule has 1 N–H and O–H groups in total. The topological polar surface area (TPSA) is 136 Å². The average molecular weight is 606 g/mol. The molecule has 0 radical (unpaired) electrons. The number of carbonyl (C=O) groups excluding carboxylic acids is 3. The third-order valence-electron chi connectivity index (χ3n) is 6.90. The number of H-pyrrole nitrogens is 1. The van der Waals surface area contributed by atoms with Crippen molar-refractivity contribution in [2.75, 3.05) is 6.54 Å². The predicted octanol–water partition coefficient (Wildman–Crippen LogP) is 4.39. The maximum absolute atomic E-state index is 15.1. The van der Waals surface area contributed by atoms with E-state index in [4.69, 9.17) is 16.3 Å². The van der Waals surface area contributed by atoms with Gasteiger partial charge in [0.2, 0.25) is 5.91 Å². The molecule has 1 amide bonds. The zero-order chi connectivity index (χ0) is 30.9. The van der Waals surface area contributed by atoms with Gasteiger partial charge in [-0.25, -0.2) is 9.18 Å². The Hall–Kier alpha value is -4.71. The summed E-state index contributed by atoms with van der Waals surface area (Å²) in [4.78, 5) is 41.3. The van der Waals surface area contributed by atoms with E-state index in [0.29, 0.717) is 34.5 Å². The highest BCUT2D eigenvalue weighted by Crippen LogP contribution is 2.33. The summed E-state index contributed by atoms with van der Waals surface area (Å²) in [6.07, 6.45) is 4.25. The number of esters is 1. The van der Waals surface area contributed by atoms with E-state index >= 15 is 4.39 Å². The fraction of sp³-hybridized carbons (Fsp3) is 0.300. The van der Waals surface area contributed by atoms with Gasteiger partial charge in [-0.05, 0) is 74.0 Å². The van der Waals surface area contributed by atoms with Crippen LogP contribution in [0.25, 0.3) is 11.8 Å². The largest absolute Gasteiger partial charge is 0.456 e. The zero-order valence-electron chi connectivity index (χ0n) is 24.0. The smallest absolute Gasteiger partial charge is 0.338 e. The lowest BCUT2D eigenvalue weighted by atomic mass is 9.90. The summed E-state index contributed by atoms with van der Waals surface area (Å²) in [5.74, 6) is -1.93. The van der Waals surface area contributed by atoms with Crippen LogP contribution in [0.4, 0.5) is 4.39 Å². The first-order chi connectivity index (χ1) is 20.4. The van der Waals surface area contributed by atoms with Crippen molar-refractivity contribution in [3.8, 4) is 5.69 Å². The van der Waals surface area contributed by atoms with Crippen LogP contribution < -0.4 is 0 Å².